The van der Waals surface area contributed by atoms with Crippen LogP contribution >= 0.6 is 0 Å². The lowest BCUT2D eigenvalue weighted by molar-refractivity contribution is 0.112. The van der Waals surface area contributed by atoms with Crippen LogP contribution in [0.1, 0.15) is 16.1 Å². The van der Waals surface area contributed by atoms with Crippen molar-refractivity contribution in [2.45, 2.75) is 6.54 Å². The number of piperazine rings is 1. The van der Waals surface area contributed by atoms with E-state index in [9.17, 15) is 4.79 Å². The van der Waals surface area contributed by atoms with Crippen molar-refractivity contribution in [3.8, 4) is 0 Å². The second-order valence-corrected chi connectivity index (χ2v) is 6.59. The molecule has 0 atom stereocenters. The number of carbonyl (C=O) groups is 1. The molecule has 5 rings (SSSR count). The maximum Gasteiger partial charge on any atom is 0.254 e. The van der Waals surface area contributed by atoms with E-state index in [1.54, 1.807) is 4.52 Å². The van der Waals surface area contributed by atoms with Gasteiger partial charge in [-0.25, -0.2) is 9.97 Å². The third-order valence-corrected chi connectivity index (χ3v) is 4.91. The van der Waals surface area contributed by atoms with E-state index in [0.717, 1.165) is 38.7 Å². The van der Waals surface area contributed by atoms with Gasteiger partial charge in [0, 0.05) is 32.7 Å². The number of fused-ring (bicyclic) bond motifs is 3. The van der Waals surface area contributed by atoms with Crippen LogP contribution in [-0.4, -0.2) is 66.9 Å². The van der Waals surface area contributed by atoms with Crippen molar-refractivity contribution >= 4 is 29.2 Å². The van der Waals surface area contributed by atoms with E-state index in [0.29, 0.717) is 23.2 Å². The van der Waals surface area contributed by atoms with Crippen molar-refractivity contribution in [1.82, 2.24) is 34.4 Å². The molecular weight excluding hydrogens is 344 g/mol. The summed E-state index contributed by atoms with van der Waals surface area (Å²) in [6.45, 7) is 4.56. The predicted molar refractivity (Wildman–Crippen MR) is 99.8 cm³/mol. The third kappa shape index (κ3) is 2.81. The molecule has 27 heavy (non-hydrogen) atoms. The SMILES string of the molecule is O=Cc1nc2ncnn2c2[nH]c(N3CCN(Cc4ccccc4)CC3)nc12. The van der Waals surface area contributed by atoms with Gasteiger partial charge in [0.1, 0.15) is 17.5 Å². The Morgan fingerprint density at radius 1 is 1.07 bits per heavy atom. The van der Waals surface area contributed by atoms with E-state index in [2.05, 4.69) is 59.1 Å². The van der Waals surface area contributed by atoms with E-state index < -0.39 is 0 Å². The summed E-state index contributed by atoms with van der Waals surface area (Å²) in [6, 6.07) is 10.5. The van der Waals surface area contributed by atoms with Crippen molar-refractivity contribution < 1.29 is 4.79 Å². The number of nitrogens with zero attached hydrogens (tertiary/aromatic N) is 7. The quantitative estimate of drug-likeness (QED) is 0.544. The Hall–Kier alpha value is -3.33. The number of hydrogen-bond donors (Lipinski definition) is 1. The molecule has 0 saturated carbocycles. The third-order valence-electron chi connectivity index (χ3n) is 4.91. The van der Waals surface area contributed by atoms with Crippen LogP contribution in [0.4, 0.5) is 5.95 Å². The predicted octanol–water partition coefficient (Wildman–Crippen LogP) is 1.14. The van der Waals surface area contributed by atoms with Gasteiger partial charge in [-0.1, -0.05) is 30.3 Å². The summed E-state index contributed by atoms with van der Waals surface area (Å²) in [6.07, 6.45) is 2.12. The summed E-state index contributed by atoms with van der Waals surface area (Å²) in [4.78, 5) is 32.2. The first-order valence-electron chi connectivity index (χ1n) is 8.88. The summed E-state index contributed by atoms with van der Waals surface area (Å²) in [5.41, 5.74) is 2.76. The highest BCUT2D eigenvalue weighted by molar-refractivity contribution is 5.92. The molecule has 136 valence electrons. The number of carbonyl (C=O) groups excluding carboxylic acids is 1. The lowest BCUT2D eigenvalue weighted by Crippen LogP contribution is -2.46. The lowest BCUT2D eigenvalue weighted by atomic mass is 10.2. The Morgan fingerprint density at radius 2 is 1.89 bits per heavy atom. The number of imidazole rings is 1. The number of anilines is 1. The van der Waals surface area contributed by atoms with Gasteiger partial charge in [-0.3, -0.25) is 9.69 Å². The van der Waals surface area contributed by atoms with Gasteiger partial charge in [-0.05, 0) is 5.56 Å². The molecule has 4 heterocycles. The average Bonchev–Trinajstić information content (AvgIpc) is 3.35. The summed E-state index contributed by atoms with van der Waals surface area (Å²) >= 11 is 0. The first-order chi connectivity index (χ1) is 13.3. The highest BCUT2D eigenvalue weighted by Gasteiger charge is 2.22. The maximum atomic E-state index is 11.4. The number of benzene rings is 1. The molecule has 0 amide bonds. The smallest absolute Gasteiger partial charge is 0.254 e. The molecule has 1 aliphatic heterocycles. The maximum absolute atomic E-state index is 11.4. The van der Waals surface area contributed by atoms with Crippen LogP contribution in [0, 0.1) is 0 Å². The molecule has 4 aromatic rings. The molecular formula is C18H18N8O. The zero-order valence-corrected chi connectivity index (χ0v) is 14.6. The van der Waals surface area contributed by atoms with Gasteiger partial charge in [0.15, 0.2) is 11.9 Å². The van der Waals surface area contributed by atoms with Gasteiger partial charge in [0.05, 0.1) is 0 Å². The first-order valence-corrected chi connectivity index (χ1v) is 8.88. The van der Waals surface area contributed by atoms with Gasteiger partial charge in [-0.2, -0.15) is 14.6 Å². The monoisotopic (exact) mass is 362 g/mol. The van der Waals surface area contributed by atoms with Crippen LogP contribution in [-0.2, 0) is 6.54 Å². The highest BCUT2D eigenvalue weighted by atomic mass is 16.1. The molecule has 0 spiro atoms. The standard InChI is InChI=1S/C18H18N8O/c27-11-14-15-16(26-17(21-14)19-12-20-26)23-18(22-15)25-8-6-24(7-9-25)10-13-4-2-1-3-5-13/h1-5,11-12H,6-10H2,(H,22,23). The van der Waals surface area contributed by atoms with E-state index in [1.807, 2.05) is 6.07 Å². The molecule has 9 heteroatoms. The number of aromatic nitrogens is 6. The number of aldehydes is 1. The van der Waals surface area contributed by atoms with Crippen molar-refractivity contribution in [2.75, 3.05) is 31.1 Å². The Balaban J connectivity index is 1.38. The minimum absolute atomic E-state index is 0.274. The number of rotatable bonds is 4. The molecule has 0 unspecified atom stereocenters. The Labute approximate surface area is 154 Å². The molecule has 0 radical (unpaired) electrons. The minimum Gasteiger partial charge on any atom is -0.340 e. The Kier molecular flexibility index (Phi) is 3.79. The largest absolute Gasteiger partial charge is 0.340 e. The fourth-order valence-corrected chi connectivity index (χ4v) is 3.51. The number of H-pyrrole nitrogens is 1. The van der Waals surface area contributed by atoms with Crippen LogP contribution in [0.15, 0.2) is 36.7 Å². The van der Waals surface area contributed by atoms with Crippen molar-refractivity contribution in [2.24, 2.45) is 0 Å². The minimum atomic E-state index is 0.274. The Morgan fingerprint density at radius 3 is 2.67 bits per heavy atom. The summed E-state index contributed by atoms with van der Waals surface area (Å²) < 4.78 is 1.57. The summed E-state index contributed by atoms with van der Waals surface area (Å²) in [7, 11) is 0. The van der Waals surface area contributed by atoms with Crippen LogP contribution in [0.25, 0.3) is 16.9 Å². The topological polar surface area (TPSA) is 95.3 Å². The molecule has 1 fully saturated rings. The van der Waals surface area contributed by atoms with Crippen molar-refractivity contribution in [3.63, 3.8) is 0 Å². The van der Waals surface area contributed by atoms with E-state index in [4.69, 9.17) is 0 Å². The summed E-state index contributed by atoms with van der Waals surface area (Å²) in [5, 5.41) is 4.17. The molecule has 9 nitrogen and oxygen atoms in total. The zero-order valence-electron chi connectivity index (χ0n) is 14.6. The van der Waals surface area contributed by atoms with Gasteiger partial charge in [0.25, 0.3) is 5.78 Å². The van der Waals surface area contributed by atoms with E-state index in [1.165, 1.54) is 11.9 Å². The number of hydrogen-bond acceptors (Lipinski definition) is 7. The van der Waals surface area contributed by atoms with Crippen molar-refractivity contribution in [3.05, 3.63) is 47.9 Å². The van der Waals surface area contributed by atoms with E-state index >= 15 is 0 Å². The van der Waals surface area contributed by atoms with Crippen LogP contribution in [0.3, 0.4) is 0 Å². The van der Waals surface area contributed by atoms with Crippen LogP contribution in [0.5, 0.6) is 0 Å². The Bertz CT molecular complexity index is 1090. The number of nitrogens with one attached hydrogen (secondary N) is 1. The normalized spacial score (nSPS) is 15.6. The van der Waals surface area contributed by atoms with Gasteiger partial charge in [0.2, 0.25) is 5.95 Å². The van der Waals surface area contributed by atoms with Crippen LogP contribution in [0.2, 0.25) is 0 Å². The van der Waals surface area contributed by atoms with Crippen molar-refractivity contribution in [1.29, 1.82) is 0 Å². The van der Waals surface area contributed by atoms with Gasteiger partial charge in [-0.15, -0.1) is 0 Å². The molecule has 1 N–H and O–H groups in total. The molecule has 3 aromatic heterocycles. The fraction of sp³-hybridized carbons (Fsp3) is 0.278. The lowest BCUT2D eigenvalue weighted by Gasteiger charge is -2.34. The number of aromatic amines is 1. The van der Waals surface area contributed by atoms with Crippen LogP contribution < -0.4 is 4.90 Å². The zero-order chi connectivity index (χ0) is 18.2. The van der Waals surface area contributed by atoms with Gasteiger partial charge < -0.3 is 9.88 Å². The first kappa shape index (κ1) is 15.9. The molecule has 0 aliphatic carbocycles. The van der Waals surface area contributed by atoms with E-state index in [-0.39, 0.29) is 5.69 Å². The molecule has 0 bridgehead atoms. The molecule has 1 saturated heterocycles. The average molecular weight is 362 g/mol. The molecule has 1 aromatic carbocycles. The second-order valence-electron chi connectivity index (χ2n) is 6.59. The second kappa shape index (κ2) is 6.44. The summed E-state index contributed by atoms with van der Waals surface area (Å²) in [5.74, 6) is 1.12. The fourth-order valence-electron chi connectivity index (χ4n) is 3.51. The molecule has 1 aliphatic rings. The van der Waals surface area contributed by atoms with Gasteiger partial charge >= 0.3 is 0 Å². The highest BCUT2D eigenvalue weighted by Crippen LogP contribution is 2.21.